The maximum Gasteiger partial charge on any atom is 0.463 e. The topological polar surface area (TPSA) is 29.1 Å². The van der Waals surface area contributed by atoms with E-state index < -0.39 is 18.0 Å². The summed E-state index contributed by atoms with van der Waals surface area (Å²) in [7, 11) is 0. The van der Waals surface area contributed by atoms with Gasteiger partial charge in [-0.25, -0.2) is 0 Å². The number of carbonyl (C=O) groups excluding carboxylic acids is 1. The van der Waals surface area contributed by atoms with Gasteiger partial charge in [-0.3, -0.25) is 4.79 Å². The van der Waals surface area contributed by atoms with Gasteiger partial charge in [-0.1, -0.05) is 12.8 Å². The van der Waals surface area contributed by atoms with E-state index in [0.29, 0.717) is 0 Å². The first-order valence-corrected chi connectivity index (χ1v) is 4.98. The molecule has 16 heavy (non-hydrogen) atoms. The van der Waals surface area contributed by atoms with E-state index in [9.17, 15) is 26.7 Å². The minimum atomic E-state index is -5.83. The van der Waals surface area contributed by atoms with E-state index in [2.05, 4.69) is 0 Å². The largest absolute Gasteiger partial charge is 0.463 e. The van der Waals surface area contributed by atoms with E-state index in [-0.39, 0.29) is 12.5 Å². The summed E-state index contributed by atoms with van der Waals surface area (Å²) in [4.78, 5) is 10.7. The van der Waals surface area contributed by atoms with Crippen LogP contribution in [0.3, 0.4) is 0 Å². The van der Waals surface area contributed by atoms with E-state index in [1.54, 1.807) is 5.32 Å². The molecule has 94 valence electrons. The van der Waals surface area contributed by atoms with Crippen molar-refractivity contribution in [1.29, 1.82) is 0 Å². The van der Waals surface area contributed by atoms with Crippen molar-refractivity contribution in [3.8, 4) is 0 Å². The van der Waals surface area contributed by atoms with Gasteiger partial charge in [-0.05, 0) is 18.8 Å². The summed E-state index contributed by atoms with van der Waals surface area (Å²) in [6, 6.07) is 0. The minimum absolute atomic E-state index is 0.0213. The second-order valence-electron chi connectivity index (χ2n) is 3.93. The molecular weight excluding hydrogens is 233 g/mol. The van der Waals surface area contributed by atoms with Gasteiger partial charge in [0.2, 0.25) is 0 Å². The third kappa shape index (κ3) is 2.82. The van der Waals surface area contributed by atoms with Gasteiger partial charge in [-0.15, -0.1) is 0 Å². The number of hydrogen-bond donors (Lipinski definition) is 1. The molecule has 0 heterocycles. The fourth-order valence-electron chi connectivity index (χ4n) is 1.69. The van der Waals surface area contributed by atoms with E-state index in [0.717, 1.165) is 25.7 Å². The smallest absolute Gasteiger partial charge is 0.350 e. The van der Waals surface area contributed by atoms with E-state index in [1.807, 2.05) is 0 Å². The molecule has 1 N–H and O–H groups in total. The Bertz CT molecular complexity index is 257. The Morgan fingerprint density at radius 2 is 1.62 bits per heavy atom. The van der Waals surface area contributed by atoms with Crippen LogP contribution in [0.15, 0.2) is 0 Å². The average Bonchev–Trinajstić information content (AvgIpc) is 2.64. The van der Waals surface area contributed by atoms with Crippen LogP contribution in [0.25, 0.3) is 0 Å². The quantitative estimate of drug-likeness (QED) is 0.760. The average molecular weight is 245 g/mol. The summed E-state index contributed by atoms with van der Waals surface area (Å²) < 4.78 is 60.2. The van der Waals surface area contributed by atoms with Crippen LogP contribution < -0.4 is 5.32 Å². The lowest BCUT2D eigenvalue weighted by molar-refractivity contribution is -0.269. The van der Waals surface area contributed by atoms with Gasteiger partial charge in [-0.2, -0.15) is 22.0 Å². The predicted octanol–water partition coefficient (Wildman–Crippen LogP) is 2.49. The van der Waals surface area contributed by atoms with Gasteiger partial charge in [0, 0.05) is 6.54 Å². The Morgan fingerprint density at radius 3 is 2.06 bits per heavy atom. The van der Waals surface area contributed by atoms with Gasteiger partial charge < -0.3 is 5.32 Å². The summed E-state index contributed by atoms with van der Waals surface area (Å²) in [5.41, 5.74) is 0. The highest BCUT2D eigenvalue weighted by Gasteiger charge is 2.63. The monoisotopic (exact) mass is 245 g/mol. The number of nitrogens with one attached hydrogen (secondary N) is 1. The second kappa shape index (κ2) is 4.55. The van der Waals surface area contributed by atoms with Crippen molar-refractivity contribution in [2.45, 2.75) is 37.8 Å². The molecular formula is C9H12F5NO. The Hall–Kier alpha value is -0.880. The number of alkyl halides is 5. The fraction of sp³-hybridized carbons (Fsp3) is 0.889. The Labute approximate surface area is 89.2 Å². The van der Waals surface area contributed by atoms with Crippen LogP contribution in [0.2, 0.25) is 0 Å². The number of halogens is 5. The lowest BCUT2D eigenvalue weighted by Crippen LogP contribution is -2.51. The molecule has 0 aliphatic heterocycles. The van der Waals surface area contributed by atoms with Crippen molar-refractivity contribution in [2.24, 2.45) is 5.92 Å². The molecule has 0 bridgehead atoms. The molecule has 2 nitrogen and oxygen atoms in total. The van der Waals surface area contributed by atoms with Crippen LogP contribution in [-0.2, 0) is 4.79 Å². The van der Waals surface area contributed by atoms with Crippen molar-refractivity contribution < 1.29 is 26.7 Å². The molecule has 1 saturated carbocycles. The summed E-state index contributed by atoms with van der Waals surface area (Å²) in [5, 5.41) is 1.66. The lowest BCUT2D eigenvalue weighted by Gasteiger charge is -2.19. The third-order valence-electron chi connectivity index (χ3n) is 2.67. The van der Waals surface area contributed by atoms with Gasteiger partial charge in [0.25, 0.3) is 5.91 Å². The summed E-state index contributed by atoms with van der Waals surface area (Å²) in [5.74, 6) is -7.54. The molecule has 0 atom stereocenters. The normalized spacial score (nSPS) is 18.8. The zero-order valence-corrected chi connectivity index (χ0v) is 8.41. The van der Waals surface area contributed by atoms with Gasteiger partial charge in [0.15, 0.2) is 0 Å². The number of amides is 1. The maximum absolute atomic E-state index is 12.5. The lowest BCUT2D eigenvalue weighted by atomic mass is 10.1. The number of rotatable bonds is 3. The van der Waals surface area contributed by atoms with Crippen LogP contribution in [-0.4, -0.2) is 24.6 Å². The molecule has 1 rings (SSSR count). The predicted molar refractivity (Wildman–Crippen MR) is 46.0 cm³/mol. The maximum atomic E-state index is 12.5. The van der Waals surface area contributed by atoms with Gasteiger partial charge >= 0.3 is 12.1 Å². The molecule has 1 aliphatic carbocycles. The Kier molecular flexibility index (Phi) is 3.75. The van der Waals surface area contributed by atoms with Crippen molar-refractivity contribution >= 4 is 5.91 Å². The summed E-state index contributed by atoms with van der Waals surface area (Å²) >= 11 is 0. The molecule has 0 radical (unpaired) electrons. The van der Waals surface area contributed by atoms with E-state index in [1.165, 1.54) is 0 Å². The zero-order valence-electron chi connectivity index (χ0n) is 8.41. The van der Waals surface area contributed by atoms with Crippen molar-refractivity contribution in [2.75, 3.05) is 6.54 Å². The van der Waals surface area contributed by atoms with Crippen LogP contribution >= 0.6 is 0 Å². The van der Waals surface area contributed by atoms with E-state index >= 15 is 0 Å². The number of hydrogen-bond acceptors (Lipinski definition) is 1. The van der Waals surface area contributed by atoms with Crippen LogP contribution in [0.4, 0.5) is 22.0 Å². The summed E-state index contributed by atoms with van der Waals surface area (Å²) in [6.07, 6.45) is -2.45. The highest BCUT2D eigenvalue weighted by atomic mass is 19.4. The Balaban J connectivity index is 2.45. The highest BCUT2D eigenvalue weighted by Crippen LogP contribution is 2.35. The molecule has 1 aliphatic rings. The number of carbonyl (C=O) groups is 1. The van der Waals surface area contributed by atoms with Crippen molar-refractivity contribution in [3.63, 3.8) is 0 Å². The first-order valence-electron chi connectivity index (χ1n) is 4.98. The molecule has 1 fully saturated rings. The van der Waals surface area contributed by atoms with Crippen LogP contribution in [0.5, 0.6) is 0 Å². The molecule has 0 spiro atoms. The van der Waals surface area contributed by atoms with Crippen LogP contribution in [0, 0.1) is 5.92 Å². The zero-order chi connectivity index (χ0) is 12.4. The fourth-order valence-corrected chi connectivity index (χ4v) is 1.69. The molecule has 7 heteroatoms. The Morgan fingerprint density at radius 1 is 1.12 bits per heavy atom. The van der Waals surface area contributed by atoms with E-state index in [4.69, 9.17) is 0 Å². The highest BCUT2D eigenvalue weighted by molar-refractivity contribution is 5.84. The first-order chi connectivity index (χ1) is 7.25. The molecule has 0 saturated heterocycles. The molecule has 1 amide bonds. The first kappa shape index (κ1) is 13.2. The minimum Gasteiger partial charge on any atom is -0.350 e. The van der Waals surface area contributed by atoms with Crippen LogP contribution in [0.1, 0.15) is 25.7 Å². The second-order valence-corrected chi connectivity index (χ2v) is 3.93. The molecule has 0 aromatic rings. The molecule has 0 unspecified atom stereocenters. The SMILES string of the molecule is O=C(NCC1CCCC1)C(F)(F)C(F)(F)F. The third-order valence-corrected chi connectivity index (χ3v) is 2.67. The molecule has 0 aromatic carbocycles. The molecule has 0 aromatic heterocycles. The van der Waals surface area contributed by atoms with Crippen molar-refractivity contribution in [3.05, 3.63) is 0 Å². The summed E-state index contributed by atoms with van der Waals surface area (Å²) in [6.45, 7) is -0.107. The van der Waals surface area contributed by atoms with Crippen molar-refractivity contribution in [1.82, 2.24) is 5.32 Å². The standard InChI is InChI=1S/C9H12F5NO/c10-8(11,9(12,13)14)7(16)15-5-6-3-1-2-4-6/h6H,1-5H2,(H,15,16). The van der Waals surface area contributed by atoms with Gasteiger partial charge in [0.05, 0.1) is 0 Å². The van der Waals surface area contributed by atoms with Gasteiger partial charge in [0.1, 0.15) is 0 Å².